The summed E-state index contributed by atoms with van der Waals surface area (Å²) < 4.78 is 23.7. The van der Waals surface area contributed by atoms with Crippen molar-refractivity contribution in [1.82, 2.24) is 18.9 Å². The number of pyridine rings is 1. The Kier molecular flexibility index (Phi) is 6.12. The van der Waals surface area contributed by atoms with Gasteiger partial charge in [-0.05, 0) is 73.9 Å². The number of likely N-dealkylation sites (tertiary alicyclic amines) is 1. The van der Waals surface area contributed by atoms with Crippen LogP contribution >= 0.6 is 0 Å². The smallest absolute Gasteiger partial charge is 0.254 e. The zero-order valence-electron chi connectivity index (χ0n) is 21.5. The molecule has 7 nitrogen and oxygen atoms in total. The van der Waals surface area contributed by atoms with Crippen LogP contribution in [0.2, 0.25) is 0 Å². The summed E-state index contributed by atoms with van der Waals surface area (Å²) in [6.45, 7) is 3.85. The summed E-state index contributed by atoms with van der Waals surface area (Å²) in [6, 6.07) is 18.5. The number of methoxy groups -OCH3 is 1. The van der Waals surface area contributed by atoms with Crippen molar-refractivity contribution in [3.05, 3.63) is 89.5 Å². The number of benzene rings is 2. The van der Waals surface area contributed by atoms with Gasteiger partial charge in [-0.2, -0.15) is 0 Å². The zero-order valence-corrected chi connectivity index (χ0v) is 21.5. The highest BCUT2D eigenvalue weighted by Gasteiger charge is 2.24. The van der Waals surface area contributed by atoms with Crippen LogP contribution < -0.4 is 10.5 Å². The van der Waals surface area contributed by atoms with Gasteiger partial charge < -0.3 is 24.3 Å². The number of hydrogen-bond acceptors (Lipinski definition) is 4. The van der Waals surface area contributed by atoms with Crippen molar-refractivity contribution >= 4 is 22.5 Å². The molecule has 1 saturated heterocycles. The zero-order chi connectivity index (χ0) is 26.4. The molecule has 0 aliphatic carbocycles. The van der Waals surface area contributed by atoms with Crippen LogP contribution in [0.1, 0.15) is 34.5 Å². The van der Waals surface area contributed by atoms with E-state index < -0.39 is 0 Å². The van der Waals surface area contributed by atoms with E-state index in [1.54, 1.807) is 19.2 Å². The van der Waals surface area contributed by atoms with Gasteiger partial charge in [0, 0.05) is 48.5 Å². The van der Waals surface area contributed by atoms with Gasteiger partial charge in [0.15, 0.2) is 0 Å². The molecule has 1 aliphatic rings. The minimum Gasteiger partial charge on any atom is -0.497 e. The Hall–Kier alpha value is -4.17. The lowest BCUT2D eigenvalue weighted by molar-refractivity contribution is 0.0709. The highest BCUT2D eigenvalue weighted by atomic mass is 19.1. The summed E-state index contributed by atoms with van der Waals surface area (Å²) in [7, 11) is 1.64. The minimum absolute atomic E-state index is 0.0195. The number of amides is 1. The van der Waals surface area contributed by atoms with Crippen molar-refractivity contribution in [2.45, 2.75) is 32.4 Å². The molecule has 38 heavy (non-hydrogen) atoms. The number of carbonyl (C=O) groups excluding carboxylic acids is 1. The predicted octanol–water partition coefficient (Wildman–Crippen LogP) is 5.02. The first-order valence-corrected chi connectivity index (χ1v) is 12.9. The number of carbonyl (C=O) groups is 1. The van der Waals surface area contributed by atoms with Gasteiger partial charge in [0.05, 0.1) is 18.3 Å². The average Bonchev–Trinajstić information content (AvgIpc) is 3.45. The Morgan fingerprint density at radius 2 is 1.95 bits per heavy atom. The van der Waals surface area contributed by atoms with Crippen molar-refractivity contribution < 1.29 is 13.9 Å². The molecule has 0 radical (unpaired) electrons. The van der Waals surface area contributed by atoms with E-state index in [0.717, 1.165) is 58.7 Å². The van der Waals surface area contributed by atoms with Gasteiger partial charge in [-0.3, -0.25) is 4.79 Å². The lowest BCUT2D eigenvalue weighted by Crippen LogP contribution is -2.45. The van der Waals surface area contributed by atoms with Crippen LogP contribution in [0.4, 0.5) is 4.39 Å². The van der Waals surface area contributed by atoms with Crippen molar-refractivity contribution in [2.75, 3.05) is 20.2 Å². The number of nitrogens with zero attached hydrogens (tertiary/aromatic N) is 4. The SMILES string of the molecule is COc1ccc(Cn2c(-c3nc4cc(C(=O)N5CCCC(N)C5)ccn4c3C)cc3ccc(F)cc32)cc1. The molecule has 2 N–H and O–H groups in total. The largest absolute Gasteiger partial charge is 0.497 e. The number of rotatable bonds is 5. The summed E-state index contributed by atoms with van der Waals surface area (Å²) >= 11 is 0. The van der Waals surface area contributed by atoms with Crippen molar-refractivity contribution in [3.63, 3.8) is 0 Å². The second-order valence-electron chi connectivity index (χ2n) is 10.0. The number of aromatic nitrogens is 3. The highest BCUT2D eigenvalue weighted by molar-refractivity contribution is 5.95. The molecule has 4 heterocycles. The number of halogens is 1. The van der Waals surface area contributed by atoms with E-state index in [0.29, 0.717) is 24.3 Å². The molecule has 1 unspecified atom stereocenters. The average molecular weight is 512 g/mol. The Balaban J connectivity index is 1.43. The molecule has 5 aromatic rings. The Bertz CT molecular complexity index is 1650. The Morgan fingerprint density at radius 1 is 1.13 bits per heavy atom. The fraction of sp³-hybridized carbons (Fsp3) is 0.267. The van der Waals surface area contributed by atoms with E-state index in [-0.39, 0.29) is 17.8 Å². The lowest BCUT2D eigenvalue weighted by Gasteiger charge is -2.30. The summed E-state index contributed by atoms with van der Waals surface area (Å²) in [5.74, 6) is 0.477. The van der Waals surface area contributed by atoms with Gasteiger partial charge >= 0.3 is 0 Å². The van der Waals surface area contributed by atoms with Gasteiger partial charge in [0.25, 0.3) is 5.91 Å². The standard InChI is InChI=1S/C30H30FN5O2/c1-19-29(33-28-15-22(11-13-35(19)28)30(37)34-12-3-4-24(32)18-34)27-14-21-7-8-23(31)16-26(21)36(27)17-20-5-9-25(38-2)10-6-20/h5-11,13-16,24H,3-4,12,17-18,32H2,1-2H3. The van der Waals surface area contributed by atoms with E-state index in [9.17, 15) is 9.18 Å². The summed E-state index contributed by atoms with van der Waals surface area (Å²) in [5.41, 5.74) is 11.9. The molecule has 1 amide bonds. The molecule has 1 atom stereocenters. The number of nitrogens with two attached hydrogens (primary N) is 1. The third-order valence-corrected chi connectivity index (χ3v) is 7.47. The fourth-order valence-corrected chi connectivity index (χ4v) is 5.43. The van der Waals surface area contributed by atoms with Crippen LogP contribution in [0, 0.1) is 12.7 Å². The van der Waals surface area contributed by atoms with Crippen molar-refractivity contribution in [1.29, 1.82) is 0 Å². The van der Waals surface area contributed by atoms with Gasteiger partial charge in [0.1, 0.15) is 22.9 Å². The predicted molar refractivity (Wildman–Crippen MR) is 146 cm³/mol. The first-order valence-electron chi connectivity index (χ1n) is 12.9. The van der Waals surface area contributed by atoms with E-state index in [2.05, 4.69) is 4.57 Å². The molecule has 8 heteroatoms. The minimum atomic E-state index is -0.287. The number of imidazole rings is 1. The lowest BCUT2D eigenvalue weighted by atomic mass is 10.1. The van der Waals surface area contributed by atoms with E-state index >= 15 is 0 Å². The topological polar surface area (TPSA) is 77.8 Å². The summed E-state index contributed by atoms with van der Waals surface area (Å²) in [4.78, 5) is 20.0. The number of aryl methyl sites for hydroxylation is 1. The molecule has 6 rings (SSSR count). The van der Waals surface area contributed by atoms with Crippen LogP contribution in [-0.2, 0) is 6.54 Å². The van der Waals surface area contributed by atoms with E-state index in [4.69, 9.17) is 15.5 Å². The maximum absolute atomic E-state index is 14.3. The number of piperidine rings is 1. The first kappa shape index (κ1) is 24.2. The quantitative estimate of drug-likeness (QED) is 0.359. The Morgan fingerprint density at radius 3 is 2.71 bits per heavy atom. The highest BCUT2D eigenvalue weighted by Crippen LogP contribution is 2.32. The monoisotopic (exact) mass is 511 g/mol. The van der Waals surface area contributed by atoms with E-state index in [1.807, 2.05) is 64.9 Å². The van der Waals surface area contributed by atoms with Gasteiger partial charge in [0.2, 0.25) is 0 Å². The summed E-state index contributed by atoms with van der Waals surface area (Å²) in [5, 5.41) is 0.934. The number of hydrogen-bond donors (Lipinski definition) is 1. The normalized spacial score (nSPS) is 15.9. The molecule has 1 aliphatic heterocycles. The maximum atomic E-state index is 14.3. The van der Waals surface area contributed by atoms with Gasteiger partial charge in [-0.1, -0.05) is 12.1 Å². The molecule has 0 bridgehead atoms. The molecule has 0 saturated carbocycles. The van der Waals surface area contributed by atoms with Gasteiger partial charge in [-0.15, -0.1) is 0 Å². The van der Waals surface area contributed by atoms with Crippen LogP contribution in [0.5, 0.6) is 5.75 Å². The van der Waals surface area contributed by atoms with E-state index in [1.165, 1.54) is 6.07 Å². The molecule has 2 aromatic carbocycles. The fourth-order valence-electron chi connectivity index (χ4n) is 5.43. The second-order valence-corrected chi connectivity index (χ2v) is 10.0. The van der Waals surface area contributed by atoms with Crippen LogP contribution in [0.15, 0.2) is 66.9 Å². The molecule has 3 aromatic heterocycles. The molecule has 194 valence electrons. The molecule has 0 spiro atoms. The Labute approximate surface area is 220 Å². The van der Waals surface area contributed by atoms with Crippen LogP contribution in [-0.4, -0.2) is 51.0 Å². The van der Waals surface area contributed by atoms with Crippen LogP contribution in [0.3, 0.4) is 0 Å². The molecule has 1 fully saturated rings. The van der Waals surface area contributed by atoms with Gasteiger partial charge in [-0.25, -0.2) is 9.37 Å². The third-order valence-electron chi connectivity index (χ3n) is 7.47. The summed E-state index contributed by atoms with van der Waals surface area (Å²) in [6.07, 6.45) is 3.76. The molecular weight excluding hydrogens is 481 g/mol. The second kappa shape index (κ2) is 9.61. The third kappa shape index (κ3) is 4.31. The molecular formula is C30H30FN5O2. The maximum Gasteiger partial charge on any atom is 0.254 e. The first-order chi connectivity index (χ1) is 18.4. The number of ether oxygens (including phenoxy) is 1. The van der Waals surface area contributed by atoms with Crippen LogP contribution in [0.25, 0.3) is 27.9 Å². The number of fused-ring (bicyclic) bond motifs is 2. The van der Waals surface area contributed by atoms with Crippen molar-refractivity contribution in [3.8, 4) is 17.1 Å². The van der Waals surface area contributed by atoms with Crippen molar-refractivity contribution in [2.24, 2.45) is 5.73 Å².